The third-order valence-electron chi connectivity index (χ3n) is 5.67. The average molecular weight is 504 g/mol. The first-order chi connectivity index (χ1) is 16.7. The summed E-state index contributed by atoms with van der Waals surface area (Å²) in [5.74, 6) is -0.186. The number of aliphatic imine (C=N–C) groups is 1. The number of alkyl halides is 3. The molecule has 1 N–H and O–H groups in total. The van der Waals surface area contributed by atoms with Crippen LogP contribution in [0.4, 0.5) is 18.9 Å². The van der Waals surface area contributed by atoms with Crippen molar-refractivity contribution in [1.29, 1.82) is 0 Å². The van der Waals surface area contributed by atoms with Crippen LogP contribution in [0.3, 0.4) is 0 Å². The molecular formula is C25H24F3N3O3S. The Balaban J connectivity index is 1.66. The Morgan fingerprint density at radius 2 is 1.97 bits per heavy atom. The van der Waals surface area contributed by atoms with E-state index in [1.165, 1.54) is 12.1 Å². The Labute approximate surface area is 205 Å². The molecule has 10 heteroatoms. The number of thioether (sulfide) groups is 1. The summed E-state index contributed by atoms with van der Waals surface area (Å²) < 4.78 is 44.5. The fourth-order valence-corrected chi connectivity index (χ4v) is 5.13. The maximum absolute atomic E-state index is 13.1. The normalized spacial score (nSPS) is 18.0. The highest BCUT2D eigenvalue weighted by molar-refractivity contribution is 8.13. The van der Waals surface area contributed by atoms with Crippen molar-refractivity contribution in [2.45, 2.75) is 32.5 Å². The molecule has 0 unspecified atom stereocenters. The van der Waals surface area contributed by atoms with E-state index in [9.17, 15) is 22.8 Å². The highest BCUT2D eigenvalue weighted by atomic mass is 32.2. The SMILES string of the molecule is CCOC(=O)C1=C(C)N=C2SCCCN2[C@H]1c1cccc(NC(=O)c2cccc(C(F)(F)F)c2)c1. The molecule has 0 spiro atoms. The second-order valence-electron chi connectivity index (χ2n) is 8.07. The number of benzene rings is 2. The minimum absolute atomic E-state index is 0.104. The van der Waals surface area contributed by atoms with E-state index in [2.05, 4.69) is 15.2 Å². The summed E-state index contributed by atoms with van der Waals surface area (Å²) >= 11 is 1.62. The molecular weight excluding hydrogens is 479 g/mol. The molecule has 184 valence electrons. The summed E-state index contributed by atoms with van der Waals surface area (Å²) in [6, 6.07) is 10.8. The van der Waals surface area contributed by atoms with Crippen LogP contribution in [0.2, 0.25) is 0 Å². The minimum atomic E-state index is -4.55. The summed E-state index contributed by atoms with van der Waals surface area (Å²) in [6.07, 6.45) is -3.63. The fraction of sp³-hybridized carbons (Fsp3) is 0.320. The molecule has 0 saturated carbocycles. The zero-order chi connectivity index (χ0) is 25.2. The molecule has 1 atom stereocenters. The number of anilines is 1. The molecule has 1 saturated heterocycles. The Bertz CT molecular complexity index is 1210. The number of amides is 1. The van der Waals surface area contributed by atoms with Gasteiger partial charge in [0, 0.05) is 23.5 Å². The van der Waals surface area contributed by atoms with Gasteiger partial charge in [0.1, 0.15) is 0 Å². The smallest absolute Gasteiger partial charge is 0.416 e. The number of amidine groups is 1. The number of carbonyl (C=O) groups is 2. The van der Waals surface area contributed by atoms with E-state index in [-0.39, 0.29) is 12.2 Å². The van der Waals surface area contributed by atoms with Gasteiger partial charge in [-0.3, -0.25) is 4.79 Å². The second-order valence-corrected chi connectivity index (χ2v) is 9.13. The lowest BCUT2D eigenvalue weighted by atomic mass is 9.94. The molecule has 2 aliphatic rings. The zero-order valence-electron chi connectivity index (χ0n) is 19.2. The largest absolute Gasteiger partial charge is 0.463 e. The molecule has 1 amide bonds. The van der Waals surface area contributed by atoms with E-state index in [0.717, 1.165) is 35.0 Å². The van der Waals surface area contributed by atoms with E-state index >= 15 is 0 Å². The van der Waals surface area contributed by atoms with Gasteiger partial charge in [0.15, 0.2) is 5.17 Å². The number of nitrogens with one attached hydrogen (secondary N) is 1. The van der Waals surface area contributed by atoms with E-state index in [1.54, 1.807) is 43.8 Å². The van der Waals surface area contributed by atoms with Crippen molar-refractivity contribution in [1.82, 2.24) is 4.90 Å². The van der Waals surface area contributed by atoms with Crippen LogP contribution in [0.15, 0.2) is 64.8 Å². The number of fused-ring (bicyclic) bond motifs is 1. The van der Waals surface area contributed by atoms with Crippen LogP contribution in [0, 0.1) is 0 Å². The van der Waals surface area contributed by atoms with Gasteiger partial charge >= 0.3 is 12.1 Å². The molecule has 2 aromatic carbocycles. The Kier molecular flexibility index (Phi) is 7.20. The Morgan fingerprint density at radius 1 is 1.20 bits per heavy atom. The maximum atomic E-state index is 13.1. The molecule has 0 aromatic heterocycles. The van der Waals surface area contributed by atoms with Gasteiger partial charge in [-0.1, -0.05) is 30.0 Å². The highest BCUT2D eigenvalue weighted by Gasteiger charge is 2.38. The van der Waals surface area contributed by atoms with E-state index in [1.807, 2.05) is 6.07 Å². The van der Waals surface area contributed by atoms with Crippen molar-refractivity contribution in [3.05, 3.63) is 76.5 Å². The lowest BCUT2D eigenvalue weighted by molar-refractivity contribution is -0.139. The summed E-state index contributed by atoms with van der Waals surface area (Å²) in [6.45, 7) is 4.44. The lowest BCUT2D eigenvalue weighted by Gasteiger charge is -2.40. The van der Waals surface area contributed by atoms with Crippen LogP contribution in [0.1, 0.15) is 47.8 Å². The van der Waals surface area contributed by atoms with Crippen LogP contribution in [0.25, 0.3) is 0 Å². The number of rotatable bonds is 5. The second kappa shape index (κ2) is 10.2. The molecule has 0 radical (unpaired) electrons. The first kappa shape index (κ1) is 24.8. The summed E-state index contributed by atoms with van der Waals surface area (Å²) in [4.78, 5) is 32.3. The van der Waals surface area contributed by atoms with Gasteiger partial charge < -0.3 is 15.0 Å². The topological polar surface area (TPSA) is 71.0 Å². The first-order valence-corrected chi connectivity index (χ1v) is 12.1. The van der Waals surface area contributed by atoms with Crippen LogP contribution in [-0.2, 0) is 15.7 Å². The molecule has 0 bridgehead atoms. The first-order valence-electron chi connectivity index (χ1n) is 11.1. The van der Waals surface area contributed by atoms with E-state index in [0.29, 0.717) is 23.5 Å². The van der Waals surface area contributed by atoms with Crippen molar-refractivity contribution in [2.75, 3.05) is 24.2 Å². The molecule has 2 aliphatic heterocycles. The number of esters is 1. The van der Waals surface area contributed by atoms with Crippen molar-refractivity contribution in [3.63, 3.8) is 0 Å². The van der Waals surface area contributed by atoms with Gasteiger partial charge in [-0.25, -0.2) is 9.79 Å². The average Bonchev–Trinajstić information content (AvgIpc) is 2.83. The van der Waals surface area contributed by atoms with Crippen LogP contribution in [0.5, 0.6) is 0 Å². The van der Waals surface area contributed by atoms with Gasteiger partial charge in [-0.05, 0) is 56.2 Å². The van der Waals surface area contributed by atoms with Gasteiger partial charge in [0.25, 0.3) is 5.91 Å². The van der Waals surface area contributed by atoms with Crippen molar-refractivity contribution in [2.24, 2.45) is 4.99 Å². The fourth-order valence-electron chi connectivity index (χ4n) is 4.11. The van der Waals surface area contributed by atoms with Gasteiger partial charge in [-0.2, -0.15) is 13.2 Å². The standard InChI is InChI=1S/C25H24F3N3O3S/c1-3-34-23(33)20-15(2)29-24-31(11-6-12-35-24)21(20)16-7-5-10-19(14-16)30-22(32)17-8-4-9-18(13-17)25(26,27)28/h4-5,7-10,13-14,21H,3,6,11-12H2,1-2H3,(H,30,32)/t21-/m0/s1. The van der Waals surface area contributed by atoms with Crippen molar-refractivity contribution >= 4 is 34.5 Å². The molecule has 35 heavy (non-hydrogen) atoms. The molecule has 6 nitrogen and oxygen atoms in total. The lowest BCUT2D eigenvalue weighted by Crippen LogP contribution is -2.42. The molecule has 2 aromatic rings. The third kappa shape index (κ3) is 5.37. The van der Waals surface area contributed by atoms with E-state index < -0.39 is 29.7 Å². The Morgan fingerprint density at radius 3 is 2.71 bits per heavy atom. The summed E-state index contributed by atoms with van der Waals surface area (Å²) in [5, 5.41) is 3.50. The number of hydrogen-bond acceptors (Lipinski definition) is 6. The number of hydrogen-bond donors (Lipinski definition) is 1. The Hall–Kier alpha value is -3.27. The van der Waals surface area contributed by atoms with Crippen LogP contribution >= 0.6 is 11.8 Å². The summed E-state index contributed by atoms with van der Waals surface area (Å²) in [5.41, 5.74) is 1.15. The molecule has 0 aliphatic carbocycles. The van der Waals surface area contributed by atoms with Crippen LogP contribution < -0.4 is 5.32 Å². The van der Waals surface area contributed by atoms with Gasteiger partial charge in [-0.15, -0.1) is 0 Å². The molecule has 4 rings (SSSR count). The predicted octanol–water partition coefficient (Wildman–Crippen LogP) is 5.64. The quantitative estimate of drug-likeness (QED) is 0.535. The van der Waals surface area contributed by atoms with E-state index in [4.69, 9.17) is 4.74 Å². The number of nitrogens with zero attached hydrogens (tertiary/aromatic N) is 2. The highest BCUT2D eigenvalue weighted by Crippen LogP contribution is 2.40. The molecule has 1 fully saturated rings. The summed E-state index contributed by atoms with van der Waals surface area (Å²) in [7, 11) is 0. The number of carbonyl (C=O) groups excluding carboxylic acids is 2. The zero-order valence-corrected chi connectivity index (χ0v) is 20.0. The van der Waals surface area contributed by atoms with Crippen LogP contribution in [-0.4, -0.2) is 40.8 Å². The van der Waals surface area contributed by atoms with Gasteiger partial charge in [0.2, 0.25) is 0 Å². The third-order valence-corrected chi connectivity index (χ3v) is 6.74. The number of allylic oxidation sites excluding steroid dienone is 1. The minimum Gasteiger partial charge on any atom is -0.463 e. The van der Waals surface area contributed by atoms with Crippen molar-refractivity contribution < 1.29 is 27.5 Å². The number of ether oxygens (including phenoxy) is 1. The maximum Gasteiger partial charge on any atom is 0.416 e. The van der Waals surface area contributed by atoms with Crippen molar-refractivity contribution in [3.8, 4) is 0 Å². The predicted molar refractivity (Wildman–Crippen MR) is 129 cm³/mol. The number of halogens is 3. The monoisotopic (exact) mass is 503 g/mol. The molecule has 2 heterocycles. The van der Waals surface area contributed by atoms with Gasteiger partial charge in [0.05, 0.1) is 29.5 Å².